The highest BCUT2D eigenvalue weighted by Crippen LogP contribution is 2.24. The number of primary amides is 1. The van der Waals surface area contributed by atoms with E-state index in [2.05, 4.69) is 20.4 Å². The topological polar surface area (TPSA) is 110 Å². The highest BCUT2D eigenvalue weighted by Gasteiger charge is 2.37. The summed E-state index contributed by atoms with van der Waals surface area (Å²) in [7, 11) is 0. The van der Waals surface area contributed by atoms with E-state index in [4.69, 9.17) is 5.73 Å². The van der Waals surface area contributed by atoms with Gasteiger partial charge in [0.1, 0.15) is 6.33 Å². The minimum atomic E-state index is -0.197. The Bertz CT molecular complexity index is 793. The van der Waals surface area contributed by atoms with E-state index in [1.165, 1.54) is 11.0 Å². The van der Waals surface area contributed by atoms with Crippen molar-refractivity contribution in [1.29, 1.82) is 0 Å². The zero-order valence-electron chi connectivity index (χ0n) is 14.4. The molecule has 2 saturated heterocycles. The summed E-state index contributed by atoms with van der Waals surface area (Å²) in [5.74, 6) is -0.182. The van der Waals surface area contributed by atoms with E-state index < -0.39 is 0 Å². The molecule has 3 heterocycles. The minimum absolute atomic E-state index is 0.00178. The number of benzene rings is 1. The van der Waals surface area contributed by atoms with Crippen LogP contribution in [0.5, 0.6) is 0 Å². The maximum absolute atomic E-state index is 12.7. The lowest BCUT2D eigenvalue weighted by Crippen LogP contribution is -2.62. The molecule has 0 saturated carbocycles. The van der Waals surface area contributed by atoms with Gasteiger partial charge in [-0.1, -0.05) is 6.07 Å². The number of rotatable bonds is 4. The predicted molar refractivity (Wildman–Crippen MR) is 92.3 cm³/mol. The number of carbonyl (C=O) groups excluding carboxylic acids is 2. The molecule has 0 radical (unpaired) electrons. The number of hydrogen-bond acceptors (Lipinski definition) is 6. The smallest absolute Gasteiger partial charge is 0.254 e. The standard InChI is InChI=1S/C17H21N7O2/c18-16(25)12-4-6-22(7-5-12)15-9-23(10-15)17(26)13-2-1-3-14(8-13)24-11-19-20-21-24/h1-3,8,11-12,15H,4-7,9-10H2,(H2,18,25). The van der Waals surface area contributed by atoms with Gasteiger partial charge in [-0.15, -0.1) is 5.10 Å². The first-order valence-electron chi connectivity index (χ1n) is 8.78. The highest BCUT2D eigenvalue weighted by atomic mass is 16.2. The number of tetrazole rings is 1. The molecule has 9 heteroatoms. The van der Waals surface area contributed by atoms with Crippen molar-refractivity contribution in [3.8, 4) is 5.69 Å². The first kappa shape index (κ1) is 16.6. The maximum Gasteiger partial charge on any atom is 0.254 e. The fraction of sp³-hybridized carbons (Fsp3) is 0.471. The summed E-state index contributed by atoms with van der Waals surface area (Å²) >= 11 is 0. The van der Waals surface area contributed by atoms with Crippen LogP contribution in [0, 0.1) is 5.92 Å². The second-order valence-corrected chi connectivity index (χ2v) is 6.88. The normalized spacial score (nSPS) is 19.3. The Morgan fingerprint density at radius 2 is 1.92 bits per heavy atom. The van der Waals surface area contributed by atoms with Crippen molar-refractivity contribution < 1.29 is 9.59 Å². The van der Waals surface area contributed by atoms with Crippen molar-refractivity contribution in [2.75, 3.05) is 26.2 Å². The average molecular weight is 355 g/mol. The lowest BCUT2D eigenvalue weighted by atomic mass is 9.93. The molecule has 2 fully saturated rings. The van der Waals surface area contributed by atoms with Crippen molar-refractivity contribution in [2.45, 2.75) is 18.9 Å². The van der Waals surface area contributed by atoms with Crippen molar-refractivity contribution in [1.82, 2.24) is 30.0 Å². The molecule has 4 rings (SSSR count). The molecule has 2 aliphatic rings. The Morgan fingerprint density at radius 3 is 2.58 bits per heavy atom. The van der Waals surface area contributed by atoms with Gasteiger partial charge in [-0.2, -0.15) is 0 Å². The third kappa shape index (κ3) is 3.17. The molecule has 2 aliphatic heterocycles. The van der Waals surface area contributed by atoms with Crippen LogP contribution in [0.25, 0.3) is 5.69 Å². The van der Waals surface area contributed by atoms with Crippen molar-refractivity contribution >= 4 is 11.8 Å². The predicted octanol–water partition coefficient (Wildman–Crippen LogP) is -0.316. The zero-order valence-corrected chi connectivity index (χ0v) is 14.4. The van der Waals surface area contributed by atoms with E-state index >= 15 is 0 Å². The van der Waals surface area contributed by atoms with E-state index in [0.717, 1.165) is 44.7 Å². The Balaban J connectivity index is 1.34. The number of nitrogens with two attached hydrogens (primary N) is 1. The van der Waals surface area contributed by atoms with Crippen LogP contribution in [0.15, 0.2) is 30.6 Å². The zero-order chi connectivity index (χ0) is 18.1. The number of hydrogen-bond donors (Lipinski definition) is 1. The number of nitrogens with zero attached hydrogens (tertiary/aromatic N) is 6. The van der Waals surface area contributed by atoms with Gasteiger partial charge in [-0.25, -0.2) is 4.68 Å². The van der Waals surface area contributed by atoms with E-state index in [0.29, 0.717) is 11.6 Å². The molecule has 136 valence electrons. The van der Waals surface area contributed by atoms with Crippen molar-refractivity contribution in [2.24, 2.45) is 11.7 Å². The fourth-order valence-electron chi connectivity index (χ4n) is 3.64. The lowest BCUT2D eigenvalue weighted by molar-refractivity contribution is -0.123. The molecule has 9 nitrogen and oxygen atoms in total. The second kappa shape index (κ2) is 6.83. The molecule has 0 unspecified atom stereocenters. The number of piperidine rings is 1. The molecule has 0 bridgehead atoms. The largest absolute Gasteiger partial charge is 0.369 e. The van der Waals surface area contributed by atoms with Crippen LogP contribution in [0.4, 0.5) is 0 Å². The lowest BCUT2D eigenvalue weighted by Gasteiger charge is -2.47. The number of amides is 2. The van der Waals surface area contributed by atoms with Gasteiger partial charge in [0.2, 0.25) is 5.91 Å². The van der Waals surface area contributed by atoms with Gasteiger partial charge in [-0.3, -0.25) is 14.5 Å². The third-order valence-electron chi connectivity index (χ3n) is 5.30. The summed E-state index contributed by atoms with van der Waals surface area (Å²) < 4.78 is 1.53. The Hall–Kier alpha value is -2.81. The van der Waals surface area contributed by atoms with Gasteiger partial charge >= 0.3 is 0 Å². The first-order valence-corrected chi connectivity index (χ1v) is 8.78. The Labute approximate surface area is 150 Å². The molecule has 0 aliphatic carbocycles. The summed E-state index contributed by atoms with van der Waals surface area (Å²) in [6.07, 6.45) is 3.13. The SMILES string of the molecule is NC(=O)C1CCN(C2CN(C(=O)c3cccc(-n4cnnn4)c3)C2)CC1. The second-order valence-electron chi connectivity index (χ2n) is 6.88. The summed E-state index contributed by atoms with van der Waals surface area (Å²) in [4.78, 5) is 28.2. The maximum atomic E-state index is 12.7. The van der Waals surface area contributed by atoms with E-state index in [1.807, 2.05) is 23.1 Å². The molecule has 2 aromatic rings. The van der Waals surface area contributed by atoms with Gasteiger partial charge in [0, 0.05) is 30.6 Å². The number of aromatic nitrogens is 4. The van der Waals surface area contributed by atoms with Crippen LogP contribution >= 0.6 is 0 Å². The van der Waals surface area contributed by atoms with Gasteiger partial charge in [0.15, 0.2) is 0 Å². The molecule has 1 aromatic carbocycles. The molecule has 26 heavy (non-hydrogen) atoms. The monoisotopic (exact) mass is 355 g/mol. The Morgan fingerprint density at radius 1 is 1.15 bits per heavy atom. The summed E-state index contributed by atoms with van der Waals surface area (Å²) in [5.41, 5.74) is 6.77. The molecule has 0 atom stereocenters. The summed E-state index contributed by atoms with van der Waals surface area (Å²) in [6, 6.07) is 7.66. The van der Waals surface area contributed by atoms with Crippen LogP contribution in [-0.2, 0) is 4.79 Å². The van der Waals surface area contributed by atoms with E-state index in [1.54, 1.807) is 6.07 Å². The molecule has 1 aromatic heterocycles. The van der Waals surface area contributed by atoms with Crippen LogP contribution in [0.3, 0.4) is 0 Å². The van der Waals surface area contributed by atoms with Gasteiger partial charge in [0.05, 0.1) is 5.69 Å². The quantitative estimate of drug-likeness (QED) is 0.805. The molecule has 2 amide bonds. The highest BCUT2D eigenvalue weighted by molar-refractivity contribution is 5.95. The van der Waals surface area contributed by atoms with E-state index in [-0.39, 0.29) is 17.7 Å². The molecule has 0 spiro atoms. The third-order valence-corrected chi connectivity index (χ3v) is 5.30. The van der Waals surface area contributed by atoms with Crippen molar-refractivity contribution in [3.63, 3.8) is 0 Å². The number of likely N-dealkylation sites (tertiary alicyclic amines) is 2. The van der Waals surface area contributed by atoms with Gasteiger partial charge in [-0.05, 0) is 54.6 Å². The molecular weight excluding hydrogens is 334 g/mol. The van der Waals surface area contributed by atoms with Crippen LogP contribution in [0.2, 0.25) is 0 Å². The van der Waals surface area contributed by atoms with E-state index in [9.17, 15) is 9.59 Å². The average Bonchev–Trinajstić information content (AvgIpc) is 3.15. The minimum Gasteiger partial charge on any atom is -0.369 e. The van der Waals surface area contributed by atoms with Gasteiger partial charge in [0.25, 0.3) is 5.91 Å². The summed E-state index contributed by atoms with van der Waals surface area (Å²) in [6.45, 7) is 3.18. The number of carbonyl (C=O) groups is 2. The molecular formula is C17H21N7O2. The Kier molecular flexibility index (Phi) is 4.37. The van der Waals surface area contributed by atoms with Crippen molar-refractivity contribution in [3.05, 3.63) is 36.2 Å². The first-order chi connectivity index (χ1) is 12.6. The van der Waals surface area contributed by atoms with Crippen LogP contribution in [0.1, 0.15) is 23.2 Å². The van der Waals surface area contributed by atoms with Crippen LogP contribution in [-0.4, -0.2) is 74.0 Å². The fourth-order valence-corrected chi connectivity index (χ4v) is 3.64. The summed E-state index contributed by atoms with van der Waals surface area (Å²) in [5, 5.41) is 11.1. The van der Waals surface area contributed by atoms with Gasteiger partial charge < -0.3 is 10.6 Å². The molecule has 2 N–H and O–H groups in total. The van der Waals surface area contributed by atoms with Crippen LogP contribution < -0.4 is 5.73 Å².